The highest BCUT2D eigenvalue weighted by molar-refractivity contribution is 7.89. The lowest BCUT2D eigenvalue weighted by Gasteiger charge is -2.30. The highest BCUT2D eigenvalue weighted by Crippen LogP contribution is 2.26. The highest BCUT2D eigenvalue weighted by atomic mass is 35.5. The molecule has 0 aliphatic carbocycles. The fourth-order valence-electron chi connectivity index (χ4n) is 3.87. The van der Waals surface area contributed by atoms with Crippen LogP contribution < -0.4 is 4.80 Å². The van der Waals surface area contributed by atoms with Crippen molar-refractivity contribution in [1.29, 1.82) is 0 Å². The highest BCUT2D eigenvalue weighted by Gasteiger charge is 2.33. The lowest BCUT2D eigenvalue weighted by molar-refractivity contribution is -0.384. The first-order valence-corrected chi connectivity index (χ1v) is 13.1. The Bertz CT molecular complexity index is 1440. The summed E-state index contributed by atoms with van der Waals surface area (Å²) < 4.78 is 29.8. The molecule has 2 heterocycles. The number of thiazole rings is 1. The molecule has 1 unspecified atom stereocenters. The molecule has 1 saturated heterocycles. The number of nitro benzene ring substituents is 1. The van der Waals surface area contributed by atoms with Crippen LogP contribution in [0.1, 0.15) is 12.8 Å². The standard InChI is InChI=1S/C22H21ClN4O5S2/c1-2-11-26-19-10-7-17(27(29)30)13-20(19)33-22(26)24-21(28)15-4-3-12-25(14-15)34(31,32)18-8-5-16(23)6-9-18/h2,5-10,13,15H,1,3-4,11-12,14H2. The van der Waals surface area contributed by atoms with Crippen molar-refractivity contribution < 1.29 is 18.1 Å². The van der Waals surface area contributed by atoms with E-state index in [4.69, 9.17) is 11.6 Å². The van der Waals surface area contributed by atoms with Crippen LogP contribution in [0.4, 0.5) is 5.69 Å². The molecule has 9 nitrogen and oxygen atoms in total. The molecule has 4 rings (SSSR count). The predicted octanol–water partition coefficient (Wildman–Crippen LogP) is 3.98. The van der Waals surface area contributed by atoms with E-state index in [2.05, 4.69) is 11.6 Å². The molecule has 1 aromatic heterocycles. The minimum absolute atomic E-state index is 0.0329. The van der Waals surface area contributed by atoms with E-state index in [1.54, 1.807) is 16.7 Å². The van der Waals surface area contributed by atoms with E-state index in [1.807, 2.05) is 0 Å². The van der Waals surface area contributed by atoms with Crippen molar-refractivity contribution in [2.24, 2.45) is 10.9 Å². The van der Waals surface area contributed by atoms with Crippen LogP contribution in [0.2, 0.25) is 5.02 Å². The minimum atomic E-state index is -3.77. The number of hydrogen-bond donors (Lipinski definition) is 0. The van der Waals surface area contributed by atoms with Crippen LogP contribution in [-0.2, 0) is 21.4 Å². The Morgan fingerprint density at radius 1 is 1.29 bits per heavy atom. The number of fused-ring (bicyclic) bond motifs is 1. The van der Waals surface area contributed by atoms with Crippen LogP contribution in [0.25, 0.3) is 10.2 Å². The molecule has 34 heavy (non-hydrogen) atoms. The largest absolute Gasteiger partial charge is 0.312 e. The molecule has 1 aliphatic rings. The number of hydrogen-bond acceptors (Lipinski definition) is 6. The Kier molecular flexibility index (Phi) is 6.99. The summed E-state index contributed by atoms with van der Waals surface area (Å²) >= 11 is 7.04. The Balaban J connectivity index is 1.64. The Hall–Kier alpha value is -2.86. The average molecular weight is 521 g/mol. The molecule has 1 amide bonds. The number of piperidine rings is 1. The summed E-state index contributed by atoms with van der Waals surface area (Å²) in [7, 11) is -3.77. The van der Waals surface area contributed by atoms with Gasteiger partial charge in [0.2, 0.25) is 10.0 Å². The number of nitrogens with zero attached hydrogens (tertiary/aromatic N) is 4. The van der Waals surface area contributed by atoms with Gasteiger partial charge in [0.05, 0.1) is 26.0 Å². The normalized spacial score (nSPS) is 17.7. The molecule has 1 aliphatic heterocycles. The fourth-order valence-corrected chi connectivity index (χ4v) is 6.60. The van der Waals surface area contributed by atoms with Crippen LogP contribution >= 0.6 is 22.9 Å². The maximum Gasteiger partial charge on any atom is 0.270 e. The summed E-state index contributed by atoms with van der Waals surface area (Å²) in [5.41, 5.74) is 0.658. The van der Waals surface area contributed by atoms with E-state index in [0.717, 1.165) is 0 Å². The van der Waals surface area contributed by atoms with Crippen molar-refractivity contribution in [3.05, 3.63) is 75.1 Å². The molecule has 1 fully saturated rings. The Labute approximate surface area is 204 Å². The summed E-state index contributed by atoms with van der Waals surface area (Å²) in [4.78, 5) is 28.5. The van der Waals surface area contributed by atoms with E-state index in [0.29, 0.717) is 46.0 Å². The fraction of sp³-hybridized carbons (Fsp3) is 0.273. The number of benzene rings is 2. The number of rotatable bonds is 6. The van der Waals surface area contributed by atoms with Crippen molar-refractivity contribution >= 4 is 54.8 Å². The number of non-ortho nitro benzene ring substituents is 1. The van der Waals surface area contributed by atoms with Crippen LogP contribution in [0.5, 0.6) is 0 Å². The van der Waals surface area contributed by atoms with Gasteiger partial charge in [0, 0.05) is 36.8 Å². The quantitative estimate of drug-likeness (QED) is 0.277. The first-order valence-electron chi connectivity index (χ1n) is 10.4. The van der Waals surface area contributed by atoms with Crippen molar-refractivity contribution in [1.82, 2.24) is 8.87 Å². The summed E-state index contributed by atoms with van der Waals surface area (Å²) in [5.74, 6) is -1.01. The van der Waals surface area contributed by atoms with Gasteiger partial charge in [-0.3, -0.25) is 14.9 Å². The van der Waals surface area contributed by atoms with E-state index in [-0.39, 0.29) is 17.1 Å². The maximum atomic E-state index is 13.1. The van der Waals surface area contributed by atoms with E-state index in [1.165, 1.54) is 52.0 Å². The van der Waals surface area contributed by atoms with Gasteiger partial charge in [0.15, 0.2) is 4.80 Å². The maximum absolute atomic E-state index is 13.1. The number of carbonyl (C=O) groups excluding carboxylic acids is 1. The van der Waals surface area contributed by atoms with Crippen molar-refractivity contribution in [2.75, 3.05) is 13.1 Å². The summed E-state index contributed by atoms with van der Waals surface area (Å²) in [6.45, 7) is 4.45. The molecule has 0 spiro atoms. The zero-order valence-electron chi connectivity index (χ0n) is 18.0. The molecule has 2 aromatic carbocycles. The van der Waals surface area contributed by atoms with Gasteiger partial charge in [-0.1, -0.05) is 29.0 Å². The van der Waals surface area contributed by atoms with Gasteiger partial charge in [-0.25, -0.2) is 8.42 Å². The predicted molar refractivity (Wildman–Crippen MR) is 130 cm³/mol. The van der Waals surface area contributed by atoms with Crippen LogP contribution in [0, 0.1) is 16.0 Å². The first kappa shape index (κ1) is 24.3. The Morgan fingerprint density at radius 2 is 2.03 bits per heavy atom. The first-order chi connectivity index (χ1) is 16.2. The molecule has 0 saturated carbocycles. The van der Waals surface area contributed by atoms with E-state index >= 15 is 0 Å². The van der Waals surface area contributed by atoms with Gasteiger partial charge in [-0.15, -0.1) is 6.58 Å². The smallest absolute Gasteiger partial charge is 0.270 e. The summed E-state index contributed by atoms with van der Waals surface area (Å²) in [6, 6.07) is 10.4. The molecule has 1 atom stereocenters. The second-order valence-corrected chi connectivity index (χ2v) is 11.2. The van der Waals surface area contributed by atoms with Crippen molar-refractivity contribution in [3.63, 3.8) is 0 Å². The molecular formula is C22H21ClN4O5S2. The lowest BCUT2D eigenvalue weighted by atomic mass is 9.99. The van der Waals surface area contributed by atoms with Gasteiger partial charge in [0.25, 0.3) is 11.6 Å². The Morgan fingerprint density at radius 3 is 2.71 bits per heavy atom. The van der Waals surface area contributed by atoms with Gasteiger partial charge in [-0.05, 0) is 43.2 Å². The molecule has 0 radical (unpaired) electrons. The minimum Gasteiger partial charge on any atom is -0.312 e. The number of halogens is 1. The molecule has 178 valence electrons. The lowest BCUT2D eigenvalue weighted by Crippen LogP contribution is -2.42. The van der Waals surface area contributed by atoms with Gasteiger partial charge in [0.1, 0.15) is 0 Å². The zero-order valence-corrected chi connectivity index (χ0v) is 20.4. The van der Waals surface area contributed by atoms with Gasteiger partial charge < -0.3 is 4.57 Å². The topological polar surface area (TPSA) is 115 Å². The van der Waals surface area contributed by atoms with E-state index < -0.39 is 26.8 Å². The number of aromatic nitrogens is 1. The molecule has 0 N–H and O–H groups in total. The molecule has 0 bridgehead atoms. The van der Waals surface area contributed by atoms with Crippen LogP contribution in [0.3, 0.4) is 0 Å². The number of nitro groups is 1. The van der Waals surface area contributed by atoms with E-state index in [9.17, 15) is 23.3 Å². The SMILES string of the molecule is C=CCn1c(=NC(=O)C2CCCN(S(=O)(=O)c3ccc(Cl)cc3)C2)sc2cc([N+](=O)[O-])ccc21. The summed E-state index contributed by atoms with van der Waals surface area (Å²) in [5, 5.41) is 11.6. The molecule has 12 heteroatoms. The average Bonchev–Trinajstić information content (AvgIpc) is 3.15. The second-order valence-electron chi connectivity index (χ2n) is 7.80. The van der Waals surface area contributed by atoms with Crippen LogP contribution in [0.15, 0.2) is 65.0 Å². The summed E-state index contributed by atoms with van der Waals surface area (Å²) in [6.07, 6.45) is 2.70. The number of allylic oxidation sites excluding steroid dienone is 1. The second kappa shape index (κ2) is 9.79. The third-order valence-electron chi connectivity index (χ3n) is 5.58. The van der Waals surface area contributed by atoms with Gasteiger partial charge in [-0.2, -0.15) is 9.30 Å². The van der Waals surface area contributed by atoms with Gasteiger partial charge >= 0.3 is 0 Å². The number of sulfonamides is 1. The van der Waals surface area contributed by atoms with Crippen molar-refractivity contribution in [3.8, 4) is 0 Å². The van der Waals surface area contributed by atoms with Crippen LogP contribution in [-0.4, -0.2) is 41.2 Å². The third kappa shape index (κ3) is 4.83. The molecular weight excluding hydrogens is 500 g/mol. The van der Waals surface area contributed by atoms with Crippen molar-refractivity contribution in [2.45, 2.75) is 24.3 Å². The number of carbonyl (C=O) groups is 1. The zero-order chi connectivity index (χ0) is 24.5. The third-order valence-corrected chi connectivity index (χ3v) is 8.75. The molecule has 3 aromatic rings. The number of amides is 1. The monoisotopic (exact) mass is 520 g/mol.